The molecule has 0 atom stereocenters. The molecule has 7 heteroatoms. The van der Waals surface area contributed by atoms with Crippen molar-refractivity contribution in [2.45, 2.75) is 31.1 Å². The van der Waals surface area contributed by atoms with Gasteiger partial charge in [-0.05, 0) is 18.6 Å². The highest BCUT2D eigenvalue weighted by Crippen LogP contribution is 2.13. The minimum Gasteiger partial charge on any atom is -0.370 e. The highest BCUT2D eigenvalue weighted by Gasteiger charge is 2.15. The van der Waals surface area contributed by atoms with Crippen molar-refractivity contribution < 1.29 is 18.0 Å². The number of sulfonamides is 1. The second-order valence-corrected chi connectivity index (χ2v) is 6.04. The fourth-order valence-electron chi connectivity index (χ4n) is 1.59. The number of nitrogens with one attached hydrogen (secondary N) is 1. The van der Waals surface area contributed by atoms with Crippen LogP contribution in [-0.2, 0) is 14.8 Å². The largest absolute Gasteiger partial charge is 0.370 e. The van der Waals surface area contributed by atoms with E-state index in [1.807, 2.05) is 0 Å². The maximum atomic E-state index is 12.0. The third-order valence-electron chi connectivity index (χ3n) is 2.68. The van der Waals surface area contributed by atoms with Gasteiger partial charge in [0.2, 0.25) is 15.9 Å². The summed E-state index contributed by atoms with van der Waals surface area (Å²) in [7, 11) is -3.68. The van der Waals surface area contributed by atoms with Gasteiger partial charge < -0.3 is 5.73 Å². The molecule has 6 nitrogen and oxygen atoms in total. The normalized spacial score (nSPS) is 11.2. The van der Waals surface area contributed by atoms with E-state index in [2.05, 4.69) is 4.72 Å². The van der Waals surface area contributed by atoms with Crippen LogP contribution < -0.4 is 10.5 Å². The maximum Gasteiger partial charge on any atom is 0.240 e. The number of nitrogens with two attached hydrogens (primary N) is 1. The number of amides is 1. The van der Waals surface area contributed by atoms with E-state index < -0.39 is 15.9 Å². The van der Waals surface area contributed by atoms with E-state index in [0.29, 0.717) is 18.4 Å². The van der Waals surface area contributed by atoms with Gasteiger partial charge in [-0.25, -0.2) is 13.1 Å². The summed E-state index contributed by atoms with van der Waals surface area (Å²) in [5.74, 6) is -0.587. The fourth-order valence-corrected chi connectivity index (χ4v) is 2.71. The molecule has 0 unspecified atom stereocenters. The van der Waals surface area contributed by atoms with Crippen molar-refractivity contribution in [2.75, 3.05) is 6.54 Å². The van der Waals surface area contributed by atoms with Crippen molar-refractivity contribution in [3.05, 3.63) is 29.8 Å². The predicted octanol–water partition coefficient (Wildman–Crippen LogP) is 0.823. The van der Waals surface area contributed by atoms with E-state index in [0.717, 1.165) is 0 Å². The standard InChI is InChI=1S/C13H18N2O4S/c1-2-12(16)10-5-3-6-11(9-10)20(18,19)15-8-4-7-13(14)17/h3,5-6,9,15H,2,4,7-8H2,1H3,(H2,14,17). The first-order valence-corrected chi connectivity index (χ1v) is 7.76. The SMILES string of the molecule is CCC(=O)c1cccc(S(=O)(=O)NCCCC(N)=O)c1. The van der Waals surface area contributed by atoms with Gasteiger partial charge in [0, 0.05) is 24.9 Å². The Bertz CT molecular complexity index is 596. The summed E-state index contributed by atoms with van der Waals surface area (Å²) < 4.78 is 26.4. The van der Waals surface area contributed by atoms with E-state index in [1.165, 1.54) is 18.2 Å². The predicted molar refractivity (Wildman–Crippen MR) is 74.7 cm³/mol. The Balaban J connectivity index is 2.77. The van der Waals surface area contributed by atoms with Crippen LogP contribution in [0, 0.1) is 0 Å². The molecule has 1 rings (SSSR count). The van der Waals surface area contributed by atoms with Crippen LogP contribution in [0.5, 0.6) is 0 Å². The molecule has 0 aliphatic heterocycles. The average molecular weight is 298 g/mol. The van der Waals surface area contributed by atoms with Crippen LogP contribution in [0.25, 0.3) is 0 Å². The molecule has 0 aliphatic rings. The molecule has 20 heavy (non-hydrogen) atoms. The number of carbonyl (C=O) groups excluding carboxylic acids is 2. The quantitative estimate of drug-likeness (QED) is 0.547. The lowest BCUT2D eigenvalue weighted by molar-refractivity contribution is -0.118. The Morgan fingerprint density at radius 3 is 2.60 bits per heavy atom. The maximum absolute atomic E-state index is 12.0. The second-order valence-electron chi connectivity index (χ2n) is 4.27. The van der Waals surface area contributed by atoms with Crippen molar-refractivity contribution in [1.82, 2.24) is 4.72 Å². The smallest absolute Gasteiger partial charge is 0.240 e. The van der Waals surface area contributed by atoms with Crippen molar-refractivity contribution in [3.63, 3.8) is 0 Å². The number of hydrogen-bond acceptors (Lipinski definition) is 4. The monoisotopic (exact) mass is 298 g/mol. The molecule has 1 aromatic rings. The van der Waals surface area contributed by atoms with E-state index in [-0.39, 0.29) is 23.6 Å². The Morgan fingerprint density at radius 1 is 1.30 bits per heavy atom. The summed E-state index contributed by atoms with van der Waals surface area (Å²) in [6.45, 7) is 1.84. The molecule has 0 aromatic heterocycles. The summed E-state index contributed by atoms with van der Waals surface area (Å²) in [5, 5.41) is 0. The van der Waals surface area contributed by atoms with Gasteiger partial charge in [-0.1, -0.05) is 19.1 Å². The van der Waals surface area contributed by atoms with Gasteiger partial charge in [0.25, 0.3) is 0 Å². The minimum absolute atomic E-state index is 0.0378. The van der Waals surface area contributed by atoms with Crippen molar-refractivity contribution in [3.8, 4) is 0 Å². The van der Waals surface area contributed by atoms with Crippen LogP contribution in [0.4, 0.5) is 0 Å². The van der Waals surface area contributed by atoms with Crippen LogP contribution in [0.1, 0.15) is 36.5 Å². The van der Waals surface area contributed by atoms with Crippen LogP contribution >= 0.6 is 0 Å². The highest BCUT2D eigenvalue weighted by atomic mass is 32.2. The van der Waals surface area contributed by atoms with Crippen LogP contribution in [0.3, 0.4) is 0 Å². The highest BCUT2D eigenvalue weighted by molar-refractivity contribution is 7.89. The Hall–Kier alpha value is -1.73. The van der Waals surface area contributed by atoms with Gasteiger partial charge in [0.05, 0.1) is 4.90 Å². The van der Waals surface area contributed by atoms with Crippen LogP contribution in [0.15, 0.2) is 29.2 Å². The van der Waals surface area contributed by atoms with Crippen molar-refractivity contribution >= 4 is 21.7 Å². The van der Waals surface area contributed by atoms with Gasteiger partial charge in [-0.3, -0.25) is 9.59 Å². The van der Waals surface area contributed by atoms with Crippen molar-refractivity contribution in [2.24, 2.45) is 5.73 Å². The van der Waals surface area contributed by atoms with E-state index in [9.17, 15) is 18.0 Å². The lowest BCUT2D eigenvalue weighted by atomic mass is 10.1. The summed E-state index contributed by atoms with van der Waals surface area (Å²) in [4.78, 5) is 22.2. The number of primary amides is 1. The fraction of sp³-hybridized carbons (Fsp3) is 0.385. The molecule has 0 saturated carbocycles. The number of ketones is 1. The summed E-state index contributed by atoms with van der Waals surface area (Å²) >= 11 is 0. The van der Waals surface area contributed by atoms with Gasteiger partial charge in [-0.2, -0.15) is 0 Å². The molecular formula is C13H18N2O4S. The molecule has 0 saturated heterocycles. The zero-order valence-electron chi connectivity index (χ0n) is 11.3. The first-order valence-electron chi connectivity index (χ1n) is 6.28. The first kappa shape index (κ1) is 16.3. The van der Waals surface area contributed by atoms with E-state index >= 15 is 0 Å². The number of benzene rings is 1. The molecule has 1 amide bonds. The van der Waals surface area contributed by atoms with Crippen LogP contribution in [-0.4, -0.2) is 26.7 Å². The van der Waals surface area contributed by atoms with Gasteiger partial charge in [-0.15, -0.1) is 0 Å². The Kier molecular flexibility index (Phi) is 5.84. The number of Topliss-reactive ketones (excluding diaryl/α,β-unsaturated/α-hetero) is 1. The third-order valence-corrected chi connectivity index (χ3v) is 4.14. The van der Waals surface area contributed by atoms with Gasteiger partial charge >= 0.3 is 0 Å². The van der Waals surface area contributed by atoms with Gasteiger partial charge in [0.1, 0.15) is 0 Å². The number of hydrogen-bond donors (Lipinski definition) is 2. The average Bonchev–Trinajstić information content (AvgIpc) is 2.42. The Morgan fingerprint density at radius 2 is 2.00 bits per heavy atom. The molecule has 110 valence electrons. The number of carbonyl (C=O) groups is 2. The lowest BCUT2D eigenvalue weighted by Gasteiger charge is -2.07. The lowest BCUT2D eigenvalue weighted by Crippen LogP contribution is -2.26. The van der Waals surface area contributed by atoms with Gasteiger partial charge in [0.15, 0.2) is 5.78 Å². The Labute approximate surface area is 118 Å². The first-order chi connectivity index (χ1) is 9.36. The number of rotatable bonds is 8. The molecule has 0 radical (unpaired) electrons. The molecule has 0 fully saturated rings. The van der Waals surface area contributed by atoms with E-state index in [4.69, 9.17) is 5.73 Å². The second kappa shape index (κ2) is 7.16. The molecule has 0 aliphatic carbocycles. The van der Waals surface area contributed by atoms with Crippen LogP contribution in [0.2, 0.25) is 0 Å². The van der Waals surface area contributed by atoms with E-state index in [1.54, 1.807) is 13.0 Å². The molecule has 0 bridgehead atoms. The molecule has 3 N–H and O–H groups in total. The molecular weight excluding hydrogens is 280 g/mol. The van der Waals surface area contributed by atoms with Crippen molar-refractivity contribution in [1.29, 1.82) is 0 Å². The zero-order valence-corrected chi connectivity index (χ0v) is 12.1. The molecule has 0 heterocycles. The summed E-state index contributed by atoms with van der Waals surface area (Å²) in [6.07, 6.45) is 0.772. The zero-order chi connectivity index (χ0) is 15.2. The molecule has 1 aromatic carbocycles. The summed E-state index contributed by atoms with van der Waals surface area (Å²) in [6, 6.07) is 5.88. The minimum atomic E-state index is -3.68. The third kappa shape index (κ3) is 4.75. The topological polar surface area (TPSA) is 106 Å². The summed E-state index contributed by atoms with van der Waals surface area (Å²) in [5.41, 5.74) is 5.34. The molecule has 0 spiro atoms.